The Morgan fingerprint density at radius 2 is 1.80 bits per heavy atom. The molecule has 0 aliphatic carbocycles. The minimum atomic E-state index is -0.839. The van der Waals surface area contributed by atoms with Gasteiger partial charge in [-0.2, -0.15) is 0 Å². The van der Waals surface area contributed by atoms with Crippen molar-refractivity contribution in [3.05, 3.63) is 101 Å². The molecule has 1 amide bonds. The summed E-state index contributed by atoms with van der Waals surface area (Å²) < 4.78 is 5.17. The predicted octanol–water partition coefficient (Wildman–Crippen LogP) is 4.55. The summed E-state index contributed by atoms with van der Waals surface area (Å²) in [6.45, 7) is 0.256. The molecule has 176 valence electrons. The van der Waals surface area contributed by atoms with E-state index in [-0.39, 0.29) is 23.6 Å². The molecular formula is C28H24N2O5. The van der Waals surface area contributed by atoms with Gasteiger partial charge in [0.2, 0.25) is 0 Å². The van der Waals surface area contributed by atoms with Gasteiger partial charge in [0, 0.05) is 29.2 Å². The lowest BCUT2D eigenvalue weighted by molar-refractivity contribution is -0.139. The van der Waals surface area contributed by atoms with Crippen LogP contribution in [0.2, 0.25) is 0 Å². The summed E-state index contributed by atoms with van der Waals surface area (Å²) in [5.74, 6) is -1.10. The second-order valence-electron chi connectivity index (χ2n) is 8.43. The van der Waals surface area contributed by atoms with Crippen LogP contribution in [0.4, 0.5) is 0 Å². The fraction of sp³-hybridized carbons (Fsp3) is 0.143. The van der Waals surface area contributed by atoms with Crippen LogP contribution in [0.15, 0.2) is 84.6 Å². The molecule has 3 aromatic carbocycles. The van der Waals surface area contributed by atoms with Gasteiger partial charge in [0.1, 0.15) is 17.3 Å². The average Bonchev–Trinajstić information content (AvgIpc) is 3.40. The number of fused-ring (bicyclic) bond motifs is 1. The first-order chi connectivity index (χ1) is 17.0. The largest absolute Gasteiger partial charge is 0.508 e. The topological polar surface area (TPSA) is 103 Å². The van der Waals surface area contributed by atoms with E-state index in [0.717, 1.165) is 16.5 Å². The zero-order valence-corrected chi connectivity index (χ0v) is 19.1. The van der Waals surface area contributed by atoms with Crippen molar-refractivity contribution in [3.8, 4) is 11.5 Å². The van der Waals surface area contributed by atoms with Crippen LogP contribution in [-0.2, 0) is 16.0 Å². The van der Waals surface area contributed by atoms with Crippen molar-refractivity contribution >= 4 is 28.4 Å². The van der Waals surface area contributed by atoms with Gasteiger partial charge < -0.3 is 24.8 Å². The summed E-state index contributed by atoms with van der Waals surface area (Å²) in [6, 6.07) is 20.1. The van der Waals surface area contributed by atoms with Crippen molar-refractivity contribution in [2.24, 2.45) is 0 Å². The van der Waals surface area contributed by atoms with Crippen LogP contribution >= 0.6 is 0 Å². The number of aliphatic hydroxyl groups excluding tert-OH is 1. The Morgan fingerprint density at radius 1 is 1.03 bits per heavy atom. The lowest BCUT2D eigenvalue weighted by atomic mass is 9.95. The van der Waals surface area contributed by atoms with Crippen LogP contribution in [0, 0.1) is 0 Å². The molecule has 4 aromatic rings. The van der Waals surface area contributed by atoms with Crippen molar-refractivity contribution in [2.75, 3.05) is 13.7 Å². The second-order valence-corrected chi connectivity index (χ2v) is 8.43. The molecule has 3 N–H and O–H groups in total. The van der Waals surface area contributed by atoms with Gasteiger partial charge in [-0.3, -0.25) is 9.59 Å². The quantitative estimate of drug-likeness (QED) is 0.219. The lowest BCUT2D eigenvalue weighted by Gasteiger charge is -2.25. The van der Waals surface area contributed by atoms with Crippen molar-refractivity contribution in [3.63, 3.8) is 0 Å². The number of hydrogen-bond donors (Lipinski definition) is 3. The number of ketones is 1. The van der Waals surface area contributed by atoms with Crippen LogP contribution in [0.5, 0.6) is 11.5 Å². The van der Waals surface area contributed by atoms with Gasteiger partial charge >= 0.3 is 0 Å². The number of benzene rings is 3. The molecule has 5 rings (SSSR count). The highest BCUT2D eigenvalue weighted by Gasteiger charge is 2.46. The number of para-hydroxylation sites is 1. The van der Waals surface area contributed by atoms with Gasteiger partial charge in [-0.15, -0.1) is 0 Å². The third kappa shape index (κ3) is 4.01. The van der Waals surface area contributed by atoms with E-state index < -0.39 is 17.7 Å². The number of Topliss-reactive ketones (excluding diaryl/α,β-unsaturated/α-hetero) is 1. The number of rotatable bonds is 6. The van der Waals surface area contributed by atoms with Crippen LogP contribution in [0.1, 0.15) is 22.7 Å². The zero-order chi connectivity index (χ0) is 24.5. The van der Waals surface area contributed by atoms with Gasteiger partial charge in [-0.05, 0) is 60.0 Å². The molecule has 1 aliphatic rings. The van der Waals surface area contributed by atoms with E-state index in [9.17, 15) is 19.8 Å². The maximum Gasteiger partial charge on any atom is 0.295 e. The normalized spacial score (nSPS) is 17.3. The molecule has 0 unspecified atom stereocenters. The first kappa shape index (κ1) is 22.3. The molecule has 0 radical (unpaired) electrons. The smallest absolute Gasteiger partial charge is 0.295 e. The second kappa shape index (κ2) is 9.02. The Balaban J connectivity index is 1.56. The summed E-state index contributed by atoms with van der Waals surface area (Å²) in [5, 5.41) is 22.3. The molecule has 7 heteroatoms. The number of nitrogens with one attached hydrogen (secondary N) is 1. The molecule has 1 aliphatic heterocycles. The highest BCUT2D eigenvalue weighted by molar-refractivity contribution is 6.46. The van der Waals surface area contributed by atoms with Gasteiger partial charge in [0.05, 0.1) is 18.7 Å². The molecule has 2 heterocycles. The number of ether oxygens (including phenoxy) is 1. The van der Waals surface area contributed by atoms with Crippen LogP contribution in [-0.4, -0.2) is 45.4 Å². The third-order valence-electron chi connectivity index (χ3n) is 6.39. The number of phenolic OH excluding ortho intramolecular Hbond substituents is 1. The summed E-state index contributed by atoms with van der Waals surface area (Å²) >= 11 is 0. The van der Waals surface area contributed by atoms with Gasteiger partial charge in [0.15, 0.2) is 0 Å². The standard InChI is InChI=1S/C28H24N2O5/c1-35-21-11-9-17(10-12-21)26(32)24-25(18-5-4-6-20(31)15-18)30(28(34)27(24)33)14-13-19-16-29-23-8-3-2-7-22(19)23/h2-12,15-16,25,29,31-32H,13-14H2,1H3/t25-/m0/s1. The number of methoxy groups -OCH3 is 1. The number of hydrogen-bond acceptors (Lipinski definition) is 5. The van der Waals surface area contributed by atoms with E-state index >= 15 is 0 Å². The fourth-order valence-electron chi connectivity index (χ4n) is 4.64. The van der Waals surface area contributed by atoms with Gasteiger partial charge in [0.25, 0.3) is 11.7 Å². The Labute approximate surface area is 201 Å². The lowest BCUT2D eigenvalue weighted by Crippen LogP contribution is -2.31. The minimum absolute atomic E-state index is 0.00849. The van der Waals surface area contributed by atoms with Gasteiger partial charge in [-0.1, -0.05) is 30.3 Å². The van der Waals surface area contributed by atoms with Crippen molar-refractivity contribution < 1.29 is 24.5 Å². The SMILES string of the molecule is COc1ccc(C(O)=C2C(=O)C(=O)N(CCc3c[nH]c4ccccc34)[C@H]2c2cccc(O)c2)cc1. The number of phenols is 1. The summed E-state index contributed by atoms with van der Waals surface area (Å²) in [5.41, 5.74) is 2.94. The monoisotopic (exact) mass is 468 g/mol. The zero-order valence-electron chi connectivity index (χ0n) is 19.1. The average molecular weight is 469 g/mol. The highest BCUT2D eigenvalue weighted by Crippen LogP contribution is 2.40. The number of nitrogens with zero attached hydrogens (tertiary/aromatic N) is 1. The first-order valence-electron chi connectivity index (χ1n) is 11.2. The van der Waals surface area contributed by atoms with Crippen molar-refractivity contribution in [1.82, 2.24) is 9.88 Å². The van der Waals surface area contributed by atoms with E-state index in [4.69, 9.17) is 4.74 Å². The molecule has 0 saturated carbocycles. The molecule has 7 nitrogen and oxygen atoms in total. The number of aromatic nitrogens is 1. The highest BCUT2D eigenvalue weighted by atomic mass is 16.5. The summed E-state index contributed by atoms with van der Waals surface area (Å²) in [7, 11) is 1.54. The third-order valence-corrected chi connectivity index (χ3v) is 6.39. The predicted molar refractivity (Wildman–Crippen MR) is 132 cm³/mol. The van der Waals surface area contributed by atoms with E-state index in [0.29, 0.717) is 23.3 Å². The number of H-pyrrole nitrogens is 1. The molecule has 1 aromatic heterocycles. The van der Waals surface area contributed by atoms with Crippen molar-refractivity contribution in [2.45, 2.75) is 12.5 Å². The Kier molecular flexibility index (Phi) is 5.74. The van der Waals surface area contributed by atoms with Crippen LogP contribution < -0.4 is 4.74 Å². The van der Waals surface area contributed by atoms with E-state index in [2.05, 4.69) is 4.98 Å². The molecule has 1 atom stereocenters. The summed E-state index contributed by atoms with van der Waals surface area (Å²) in [4.78, 5) is 31.1. The molecule has 1 saturated heterocycles. The van der Waals surface area contributed by atoms with E-state index in [1.54, 1.807) is 36.4 Å². The van der Waals surface area contributed by atoms with Crippen molar-refractivity contribution in [1.29, 1.82) is 0 Å². The number of aliphatic hydroxyl groups is 1. The molecule has 1 fully saturated rings. The maximum absolute atomic E-state index is 13.2. The Bertz CT molecular complexity index is 1450. The molecule has 0 bridgehead atoms. The Hall–Kier alpha value is -4.52. The van der Waals surface area contributed by atoms with E-state index in [1.165, 1.54) is 24.1 Å². The number of carbonyl (C=O) groups excluding carboxylic acids is 2. The first-order valence-corrected chi connectivity index (χ1v) is 11.2. The number of likely N-dealkylation sites (tertiary alicyclic amines) is 1. The van der Waals surface area contributed by atoms with Gasteiger partial charge in [-0.25, -0.2) is 0 Å². The van der Waals surface area contributed by atoms with Crippen LogP contribution in [0.3, 0.4) is 0 Å². The summed E-state index contributed by atoms with van der Waals surface area (Å²) in [6.07, 6.45) is 2.41. The number of carbonyl (C=O) groups is 2. The molecular weight excluding hydrogens is 444 g/mol. The number of aromatic hydroxyl groups is 1. The number of aromatic amines is 1. The van der Waals surface area contributed by atoms with Crippen LogP contribution in [0.25, 0.3) is 16.7 Å². The fourth-order valence-corrected chi connectivity index (χ4v) is 4.64. The molecule has 35 heavy (non-hydrogen) atoms. The Morgan fingerprint density at radius 3 is 2.54 bits per heavy atom. The minimum Gasteiger partial charge on any atom is -0.508 e. The molecule has 0 spiro atoms. The number of amides is 1. The van der Waals surface area contributed by atoms with E-state index in [1.807, 2.05) is 30.5 Å². The maximum atomic E-state index is 13.2.